The van der Waals surface area contributed by atoms with Crippen molar-refractivity contribution in [3.05, 3.63) is 102 Å². The molecule has 0 aliphatic heterocycles. The average molecular weight is 434 g/mol. The second-order valence-electron chi connectivity index (χ2n) is 6.71. The molecule has 1 heterocycles. The maximum atomic E-state index is 13.3. The van der Waals surface area contributed by atoms with Crippen LogP contribution in [0.4, 0.5) is 0 Å². The molecule has 31 heavy (non-hydrogen) atoms. The fourth-order valence-electron chi connectivity index (χ4n) is 3.26. The lowest BCUT2D eigenvalue weighted by atomic mass is 9.90. The number of rotatable bonds is 5. The molecule has 0 fully saturated rings. The quantitative estimate of drug-likeness (QED) is 0.585. The Hall–Kier alpha value is -4.11. The Bertz CT molecular complexity index is 1380. The minimum Gasteiger partial charge on any atom is -0.365 e. The molecular weight excluding hydrogens is 418 g/mol. The summed E-state index contributed by atoms with van der Waals surface area (Å²) in [7, 11) is -4.17. The molecular formula is C22H16N3O5S+. The predicted molar refractivity (Wildman–Crippen MR) is 110 cm³/mol. The summed E-state index contributed by atoms with van der Waals surface area (Å²) in [5.41, 5.74) is 4.97. The van der Waals surface area contributed by atoms with Crippen LogP contribution in [0.5, 0.6) is 0 Å². The van der Waals surface area contributed by atoms with E-state index in [0.717, 1.165) is 0 Å². The number of nitrogens with two attached hydrogens (primary N) is 1. The van der Waals surface area contributed by atoms with Crippen LogP contribution in [0.15, 0.2) is 89.7 Å². The van der Waals surface area contributed by atoms with Crippen LogP contribution in [0.3, 0.4) is 0 Å². The van der Waals surface area contributed by atoms with Gasteiger partial charge < -0.3 is 5.73 Å². The number of nitrogens with zero attached hydrogens (tertiary/aromatic N) is 1. The molecule has 0 atom stereocenters. The number of amides is 1. The van der Waals surface area contributed by atoms with Crippen LogP contribution < -0.4 is 15.0 Å². The van der Waals surface area contributed by atoms with Gasteiger partial charge in [0, 0.05) is 17.2 Å². The van der Waals surface area contributed by atoms with Crippen molar-refractivity contribution in [2.45, 2.75) is 4.90 Å². The number of sulfonamides is 1. The van der Waals surface area contributed by atoms with Crippen LogP contribution >= 0.6 is 0 Å². The SMILES string of the molecule is NC(=O)c1ccc[n+](C2=C(NS(=O)(=O)c3ccccc3)C(=O)c3ccccc3C2=O)c1. The summed E-state index contributed by atoms with van der Waals surface area (Å²) in [5.74, 6) is -1.98. The van der Waals surface area contributed by atoms with E-state index < -0.39 is 33.2 Å². The number of fused-ring (bicyclic) bond motifs is 1. The molecule has 1 aliphatic carbocycles. The number of benzene rings is 2. The van der Waals surface area contributed by atoms with Crippen LogP contribution in [0, 0.1) is 0 Å². The molecule has 1 aromatic heterocycles. The van der Waals surface area contributed by atoms with Gasteiger partial charge in [-0.3, -0.25) is 19.1 Å². The van der Waals surface area contributed by atoms with E-state index in [9.17, 15) is 22.8 Å². The first-order valence-corrected chi connectivity index (χ1v) is 10.6. The average Bonchev–Trinajstić information content (AvgIpc) is 2.78. The van der Waals surface area contributed by atoms with E-state index in [2.05, 4.69) is 4.72 Å². The van der Waals surface area contributed by atoms with Gasteiger partial charge in [0.1, 0.15) is 5.56 Å². The fourth-order valence-corrected chi connectivity index (χ4v) is 4.35. The molecule has 0 saturated carbocycles. The number of Topliss-reactive ketones (excluding diaryl/α,β-unsaturated/α-hetero) is 2. The minimum absolute atomic E-state index is 0.0724. The van der Waals surface area contributed by atoms with E-state index >= 15 is 0 Å². The number of ketones is 2. The molecule has 0 bridgehead atoms. The van der Waals surface area contributed by atoms with Crippen molar-refractivity contribution < 1.29 is 27.4 Å². The van der Waals surface area contributed by atoms with Crippen molar-refractivity contribution >= 4 is 33.2 Å². The van der Waals surface area contributed by atoms with Gasteiger partial charge in [-0.1, -0.05) is 42.5 Å². The summed E-state index contributed by atoms with van der Waals surface area (Å²) in [4.78, 5) is 38.1. The number of hydrogen-bond donors (Lipinski definition) is 2. The number of primary amides is 1. The first kappa shape index (κ1) is 20.2. The number of carbonyl (C=O) groups is 3. The van der Waals surface area contributed by atoms with Gasteiger partial charge in [-0.2, -0.15) is 4.57 Å². The molecule has 2 aromatic carbocycles. The number of aromatic nitrogens is 1. The van der Waals surface area contributed by atoms with Crippen molar-refractivity contribution in [2.75, 3.05) is 0 Å². The molecule has 0 radical (unpaired) electrons. The van der Waals surface area contributed by atoms with Crippen LogP contribution in [0.25, 0.3) is 5.70 Å². The molecule has 0 spiro atoms. The third kappa shape index (κ3) is 3.62. The highest BCUT2D eigenvalue weighted by Crippen LogP contribution is 2.26. The first-order valence-electron chi connectivity index (χ1n) is 9.11. The maximum Gasteiger partial charge on any atom is 0.287 e. The predicted octanol–water partition coefficient (Wildman–Crippen LogP) is 1.30. The number of nitrogens with one attached hydrogen (secondary N) is 1. The molecule has 154 valence electrons. The summed E-state index contributed by atoms with van der Waals surface area (Å²) >= 11 is 0. The Kier molecular flexibility index (Phi) is 4.96. The second-order valence-corrected chi connectivity index (χ2v) is 8.39. The maximum absolute atomic E-state index is 13.3. The minimum atomic E-state index is -4.17. The standard InChI is InChI=1S/C22H15N3O5S/c23-22(28)14-7-6-12-25(13-14)19-18(24-31(29,30)15-8-2-1-3-9-15)20(26)16-10-4-5-11-17(16)21(19)27/h1-13H,(H2-,23,24,27,28)/p+1. The molecule has 8 nitrogen and oxygen atoms in total. The zero-order valence-electron chi connectivity index (χ0n) is 16.0. The van der Waals surface area contributed by atoms with E-state index in [0.29, 0.717) is 0 Å². The summed E-state index contributed by atoms with van der Waals surface area (Å²) in [6.07, 6.45) is 2.70. The largest absolute Gasteiger partial charge is 0.365 e. The molecule has 1 amide bonds. The molecule has 9 heteroatoms. The summed E-state index contributed by atoms with van der Waals surface area (Å²) in [6.45, 7) is 0. The van der Waals surface area contributed by atoms with E-state index in [1.54, 1.807) is 18.2 Å². The van der Waals surface area contributed by atoms with Gasteiger partial charge >= 0.3 is 0 Å². The third-order valence-corrected chi connectivity index (χ3v) is 6.09. The second kappa shape index (κ2) is 7.62. The Labute approximate surface area is 177 Å². The first-order chi connectivity index (χ1) is 14.8. The monoisotopic (exact) mass is 434 g/mol. The highest BCUT2D eigenvalue weighted by molar-refractivity contribution is 7.89. The Morgan fingerprint density at radius 2 is 1.45 bits per heavy atom. The van der Waals surface area contributed by atoms with Crippen molar-refractivity contribution in [1.29, 1.82) is 0 Å². The van der Waals surface area contributed by atoms with Gasteiger partial charge in [-0.05, 0) is 18.2 Å². The van der Waals surface area contributed by atoms with Gasteiger partial charge in [-0.25, -0.2) is 8.42 Å². The fraction of sp³-hybridized carbons (Fsp3) is 0. The lowest BCUT2D eigenvalue weighted by molar-refractivity contribution is -0.577. The van der Waals surface area contributed by atoms with Crippen molar-refractivity contribution in [1.82, 2.24) is 4.72 Å². The van der Waals surface area contributed by atoms with Gasteiger partial charge in [0.2, 0.25) is 5.78 Å². The Balaban J connectivity index is 1.95. The third-order valence-electron chi connectivity index (χ3n) is 4.73. The van der Waals surface area contributed by atoms with Crippen molar-refractivity contribution in [2.24, 2.45) is 5.73 Å². The van der Waals surface area contributed by atoms with Crippen LogP contribution in [-0.2, 0) is 10.0 Å². The highest BCUT2D eigenvalue weighted by Gasteiger charge is 2.40. The molecule has 0 saturated heterocycles. The summed E-state index contributed by atoms with van der Waals surface area (Å²) in [6, 6.07) is 16.5. The van der Waals surface area contributed by atoms with Crippen LogP contribution in [0.1, 0.15) is 31.1 Å². The normalized spacial score (nSPS) is 13.7. The zero-order chi connectivity index (χ0) is 22.2. The smallest absolute Gasteiger partial charge is 0.287 e. The summed E-state index contributed by atoms with van der Waals surface area (Å²) < 4.78 is 29.3. The highest BCUT2D eigenvalue weighted by atomic mass is 32.2. The van der Waals surface area contributed by atoms with Gasteiger partial charge in [0.15, 0.2) is 18.1 Å². The van der Waals surface area contributed by atoms with Crippen molar-refractivity contribution in [3.8, 4) is 0 Å². The van der Waals surface area contributed by atoms with Crippen LogP contribution in [0.2, 0.25) is 0 Å². The molecule has 3 aromatic rings. The summed E-state index contributed by atoms with van der Waals surface area (Å²) in [5, 5.41) is 0. The lowest BCUT2D eigenvalue weighted by Crippen LogP contribution is -2.45. The lowest BCUT2D eigenvalue weighted by Gasteiger charge is -2.18. The van der Waals surface area contributed by atoms with E-state index in [1.165, 1.54) is 65.5 Å². The zero-order valence-corrected chi connectivity index (χ0v) is 16.8. The molecule has 0 unspecified atom stereocenters. The number of carbonyl (C=O) groups excluding carboxylic acids is 3. The van der Waals surface area contributed by atoms with Gasteiger partial charge in [-0.15, -0.1) is 0 Å². The van der Waals surface area contributed by atoms with Gasteiger partial charge in [0.25, 0.3) is 27.4 Å². The number of allylic oxidation sites excluding steroid dienone is 2. The molecule has 4 rings (SSSR count). The van der Waals surface area contributed by atoms with Crippen molar-refractivity contribution in [3.63, 3.8) is 0 Å². The van der Waals surface area contributed by atoms with Gasteiger partial charge in [0.05, 0.1) is 4.90 Å². The Morgan fingerprint density at radius 3 is 2.10 bits per heavy atom. The van der Waals surface area contributed by atoms with E-state index in [4.69, 9.17) is 5.73 Å². The van der Waals surface area contributed by atoms with E-state index in [1.807, 2.05) is 0 Å². The molecule has 3 N–H and O–H groups in total. The topological polar surface area (TPSA) is 127 Å². The van der Waals surface area contributed by atoms with Crippen LogP contribution in [-0.4, -0.2) is 25.9 Å². The number of pyridine rings is 1. The van der Waals surface area contributed by atoms with E-state index in [-0.39, 0.29) is 27.3 Å². The number of hydrogen-bond acceptors (Lipinski definition) is 5. The molecule has 1 aliphatic rings. The Morgan fingerprint density at radius 1 is 0.839 bits per heavy atom.